The molecule has 2 nitrogen and oxygen atoms in total. The van der Waals surface area contributed by atoms with E-state index >= 15 is 0 Å². The second kappa shape index (κ2) is 8.14. The van der Waals surface area contributed by atoms with E-state index in [1.807, 2.05) is 0 Å². The third-order valence-electron chi connectivity index (χ3n) is 2.80. The van der Waals surface area contributed by atoms with Crippen LogP contribution < -0.4 is 0 Å². The highest BCUT2D eigenvalue weighted by atomic mass is 16.3. The van der Waals surface area contributed by atoms with Gasteiger partial charge in [0.25, 0.3) is 0 Å². The minimum atomic E-state index is 0.138. The van der Waals surface area contributed by atoms with Crippen molar-refractivity contribution < 1.29 is 9.21 Å². The Morgan fingerprint density at radius 2 is 1.81 bits per heavy atom. The summed E-state index contributed by atoms with van der Waals surface area (Å²) in [5.74, 6) is 0.643. The van der Waals surface area contributed by atoms with Crippen molar-refractivity contribution in [3.63, 3.8) is 0 Å². The molecule has 0 atom stereocenters. The number of hydrogen-bond donors (Lipinski definition) is 0. The lowest BCUT2D eigenvalue weighted by atomic mass is 10.1. The first-order valence-corrected chi connectivity index (χ1v) is 6.41. The highest BCUT2D eigenvalue weighted by molar-refractivity contribution is 5.93. The fourth-order valence-corrected chi connectivity index (χ4v) is 1.80. The molecule has 16 heavy (non-hydrogen) atoms. The van der Waals surface area contributed by atoms with E-state index in [0.29, 0.717) is 12.2 Å². The monoisotopic (exact) mass is 222 g/mol. The molecule has 0 saturated heterocycles. The molecule has 1 aromatic heterocycles. The molecule has 0 spiro atoms. The summed E-state index contributed by atoms with van der Waals surface area (Å²) in [6, 6.07) is 3.50. The maximum atomic E-state index is 11.5. The Morgan fingerprint density at radius 3 is 2.44 bits per heavy atom. The van der Waals surface area contributed by atoms with E-state index in [-0.39, 0.29) is 5.78 Å². The zero-order chi connectivity index (χ0) is 11.6. The van der Waals surface area contributed by atoms with Gasteiger partial charge in [-0.05, 0) is 18.6 Å². The maximum Gasteiger partial charge on any atom is 0.197 e. The number of ketones is 1. The van der Waals surface area contributed by atoms with E-state index in [1.165, 1.54) is 32.1 Å². The van der Waals surface area contributed by atoms with Gasteiger partial charge in [-0.25, -0.2) is 0 Å². The van der Waals surface area contributed by atoms with Gasteiger partial charge in [-0.15, -0.1) is 0 Å². The Balaban J connectivity index is 1.97. The Morgan fingerprint density at radius 1 is 1.12 bits per heavy atom. The van der Waals surface area contributed by atoms with E-state index in [9.17, 15) is 4.79 Å². The fourth-order valence-electron chi connectivity index (χ4n) is 1.80. The molecule has 0 N–H and O–H groups in total. The zero-order valence-electron chi connectivity index (χ0n) is 10.2. The quantitative estimate of drug-likeness (QED) is 0.451. The van der Waals surface area contributed by atoms with Gasteiger partial charge in [0, 0.05) is 6.42 Å². The van der Waals surface area contributed by atoms with Gasteiger partial charge >= 0.3 is 0 Å². The minimum absolute atomic E-state index is 0.138. The van der Waals surface area contributed by atoms with Crippen molar-refractivity contribution in [3.8, 4) is 0 Å². The second-order valence-electron chi connectivity index (χ2n) is 4.27. The molecule has 0 saturated carbocycles. The summed E-state index contributed by atoms with van der Waals surface area (Å²) in [5.41, 5.74) is 0. The first-order valence-electron chi connectivity index (χ1n) is 6.41. The molecule has 0 amide bonds. The van der Waals surface area contributed by atoms with Crippen LogP contribution in [0.3, 0.4) is 0 Å². The van der Waals surface area contributed by atoms with Gasteiger partial charge in [-0.1, -0.05) is 45.4 Å². The number of hydrogen-bond acceptors (Lipinski definition) is 2. The van der Waals surface area contributed by atoms with Crippen LogP contribution in [0.5, 0.6) is 0 Å². The van der Waals surface area contributed by atoms with Crippen molar-refractivity contribution in [1.29, 1.82) is 0 Å². The fraction of sp³-hybridized carbons (Fsp3) is 0.643. The Bertz CT molecular complexity index is 275. The average Bonchev–Trinajstić information content (AvgIpc) is 2.81. The van der Waals surface area contributed by atoms with E-state index in [2.05, 4.69) is 6.92 Å². The number of Topliss-reactive ketones (excluding diaryl/α,β-unsaturated/α-hetero) is 1. The zero-order valence-corrected chi connectivity index (χ0v) is 10.2. The molecule has 1 heterocycles. The lowest BCUT2D eigenvalue weighted by Gasteiger charge is -2.00. The summed E-state index contributed by atoms with van der Waals surface area (Å²) in [4.78, 5) is 11.5. The van der Waals surface area contributed by atoms with E-state index in [4.69, 9.17) is 4.42 Å². The van der Waals surface area contributed by atoms with E-state index in [1.54, 1.807) is 18.4 Å². The number of carbonyl (C=O) groups excluding carboxylic acids is 1. The number of carbonyl (C=O) groups is 1. The average molecular weight is 222 g/mol. The summed E-state index contributed by atoms with van der Waals surface area (Å²) >= 11 is 0. The highest BCUT2D eigenvalue weighted by Gasteiger charge is 2.07. The maximum absolute atomic E-state index is 11.5. The smallest absolute Gasteiger partial charge is 0.197 e. The predicted molar refractivity (Wildman–Crippen MR) is 65.6 cm³/mol. The topological polar surface area (TPSA) is 30.2 Å². The van der Waals surface area contributed by atoms with Crippen LogP contribution in [0.4, 0.5) is 0 Å². The van der Waals surface area contributed by atoms with Crippen LogP contribution in [0.25, 0.3) is 0 Å². The molecule has 0 radical (unpaired) electrons. The normalized spacial score (nSPS) is 10.6. The molecule has 0 aliphatic carbocycles. The Labute approximate surface area is 98.0 Å². The lowest BCUT2D eigenvalue weighted by Crippen LogP contribution is -1.96. The highest BCUT2D eigenvalue weighted by Crippen LogP contribution is 2.11. The molecule has 0 bridgehead atoms. The van der Waals surface area contributed by atoms with Crippen LogP contribution in [-0.2, 0) is 0 Å². The third-order valence-corrected chi connectivity index (χ3v) is 2.80. The molecule has 1 aromatic rings. The van der Waals surface area contributed by atoms with Gasteiger partial charge < -0.3 is 4.42 Å². The molecule has 0 unspecified atom stereocenters. The minimum Gasteiger partial charge on any atom is -0.461 e. The van der Waals surface area contributed by atoms with Crippen LogP contribution in [0.2, 0.25) is 0 Å². The molecule has 0 aromatic carbocycles. The Hall–Kier alpha value is -1.05. The van der Waals surface area contributed by atoms with Crippen LogP contribution in [0, 0.1) is 0 Å². The summed E-state index contributed by atoms with van der Waals surface area (Å²) in [6.45, 7) is 2.22. The summed E-state index contributed by atoms with van der Waals surface area (Å²) < 4.78 is 5.06. The third kappa shape index (κ3) is 5.15. The molecule has 2 heteroatoms. The van der Waals surface area contributed by atoms with Crippen LogP contribution in [-0.4, -0.2) is 5.78 Å². The van der Waals surface area contributed by atoms with Gasteiger partial charge in [0.1, 0.15) is 0 Å². The van der Waals surface area contributed by atoms with Crippen molar-refractivity contribution >= 4 is 5.78 Å². The second-order valence-corrected chi connectivity index (χ2v) is 4.27. The van der Waals surface area contributed by atoms with E-state index < -0.39 is 0 Å². The number of furan rings is 1. The van der Waals surface area contributed by atoms with Crippen LogP contribution >= 0.6 is 0 Å². The van der Waals surface area contributed by atoms with Gasteiger partial charge in [-0.2, -0.15) is 0 Å². The molecule has 90 valence electrons. The standard InChI is InChI=1S/C14H22O2/c1-2-3-4-5-6-7-8-10-13(15)14-11-9-12-16-14/h9,11-12H,2-8,10H2,1H3. The van der Waals surface area contributed by atoms with E-state index in [0.717, 1.165) is 12.8 Å². The van der Waals surface area contributed by atoms with Crippen LogP contribution in [0.15, 0.2) is 22.8 Å². The first-order chi connectivity index (χ1) is 7.84. The van der Waals surface area contributed by atoms with Gasteiger partial charge in [-0.3, -0.25) is 4.79 Å². The van der Waals surface area contributed by atoms with Gasteiger partial charge in [0.2, 0.25) is 0 Å². The molecule has 0 aliphatic heterocycles. The number of rotatable bonds is 9. The SMILES string of the molecule is CCCCCCCCCC(=O)c1ccco1. The molecule has 0 fully saturated rings. The first kappa shape index (κ1) is 13.0. The molecular formula is C14H22O2. The lowest BCUT2D eigenvalue weighted by molar-refractivity contribution is 0.0952. The summed E-state index contributed by atoms with van der Waals surface area (Å²) in [6.07, 6.45) is 10.9. The molecular weight excluding hydrogens is 200 g/mol. The summed E-state index contributed by atoms with van der Waals surface area (Å²) in [7, 11) is 0. The van der Waals surface area contributed by atoms with Crippen molar-refractivity contribution in [2.75, 3.05) is 0 Å². The van der Waals surface area contributed by atoms with Crippen molar-refractivity contribution in [2.24, 2.45) is 0 Å². The Kier molecular flexibility index (Phi) is 6.62. The van der Waals surface area contributed by atoms with Crippen molar-refractivity contribution in [2.45, 2.75) is 58.3 Å². The van der Waals surface area contributed by atoms with Crippen molar-refractivity contribution in [1.82, 2.24) is 0 Å². The van der Waals surface area contributed by atoms with Crippen LogP contribution in [0.1, 0.15) is 68.8 Å². The van der Waals surface area contributed by atoms with Gasteiger partial charge in [0.15, 0.2) is 11.5 Å². The largest absolute Gasteiger partial charge is 0.461 e. The predicted octanol–water partition coefficient (Wildman–Crippen LogP) is 4.60. The molecule has 0 aliphatic rings. The number of unbranched alkanes of at least 4 members (excludes halogenated alkanes) is 6. The summed E-state index contributed by atoms with van der Waals surface area (Å²) in [5, 5.41) is 0. The molecule has 1 rings (SSSR count). The van der Waals surface area contributed by atoms with Crippen molar-refractivity contribution in [3.05, 3.63) is 24.2 Å². The van der Waals surface area contributed by atoms with Gasteiger partial charge in [0.05, 0.1) is 6.26 Å².